The molecule has 1 amide bonds. The van der Waals surface area contributed by atoms with Crippen molar-refractivity contribution in [3.05, 3.63) is 0 Å². The maximum atomic E-state index is 12.4. The molecule has 2 rings (SSSR count). The number of nitrogens with zero attached hydrogens (tertiary/aromatic N) is 1. The first-order chi connectivity index (χ1) is 8.60. The summed E-state index contributed by atoms with van der Waals surface area (Å²) in [6.45, 7) is 3.72. The second kappa shape index (κ2) is 5.26. The summed E-state index contributed by atoms with van der Waals surface area (Å²) in [5.41, 5.74) is -1.14. The number of carbonyl (C=O) groups is 2. The number of aliphatic carboxylic acids is 1. The summed E-state index contributed by atoms with van der Waals surface area (Å²) in [6.07, 6.45) is 3.85. The molecule has 0 aromatic carbocycles. The van der Waals surface area contributed by atoms with Gasteiger partial charge in [0.25, 0.3) is 0 Å². The fourth-order valence-electron chi connectivity index (χ4n) is 2.74. The van der Waals surface area contributed by atoms with Crippen molar-refractivity contribution in [3.63, 3.8) is 0 Å². The van der Waals surface area contributed by atoms with Crippen LogP contribution in [-0.4, -0.2) is 47.7 Å². The van der Waals surface area contributed by atoms with Crippen LogP contribution >= 0.6 is 0 Å². The van der Waals surface area contributed by atoms with E-state index < -0.39 is 11.4 Å². The van der Waals surface area contributed by atoms with E-state index in [1.165, 1.54) is 0 Å². The van der Waals surface area contributed by atoms with E-state index in [4.69, 9.17) is 4.74 Å². The molecule has 0 aromatic heterocycles. The van der Waals surface area contributed by atoms with Crippen LogP contribution in [0.15, 0.2) is 0 Å². The van der Waals surface area contributed by atoms with Gasteiger partial charge in [0.15, 0.2) is 0 Å². The molecule has 1 atom stereocenters. The van der Waals surface area contributed by atoms with Crippen molar-refractivity contribution < 1.29 is 19.4 Å². The molecule has 0 aromatic rings. The van der Waals surface area contributed by atoms with Gasteiger partial charge in [-0.25, -0.2) is 0 Å². The molecule has 1 heterocycles. The van der Waals surface area contributed by atoms with E-state index in [0.29, 0.717) is 25.9 Å². The zero-order valence-electron chi connectivity index (χ0n) is 10.9. The van der Waals surface area contributed by atoms with Gasteiger partial charge in [0.05, 0.1) is 6.10 Å². The minimum absolute atomic E-state index is 0.0832. The van der Waals surface area contributed by atoms with Crippen molar-refractivity contribution in [2.24, 2.45) is 5.41 Å². The molecule has 18 heavy (non-hydrogen) atoms. The van der Waals surface area contributed by atoms with Gasteiger partial charge in [0, 0.05) is 19.7 Å². The molecule has 2 aliphatic rings. The SMILES string of the molecule is CCN(CC1CCCO1)C(=O)C1(C(=O)O)CCC1. The summed E-state index contributed by atoms with van der Waals surface area (Å²) in [4.78, 5) is 25.4. The minimum atomic E-state index is -1.14. The highest BCUT2D eigenvalue weighted by Gasteiger charge is 2.52. The van der Waals surface area contributed by atoms with Crippen LogP contribution in [0.1, 0.15) is 39.0 Å². The first kappa shape index (κ1) is 13.3. The Morgan fingerprint density at radius 3 is 2.50 bits per heavy atom. The summed E-state index contributed by atoms with van der Waals surface area (Å²) < 4.78 is 5.52. The lowest BCUT2D eigenvalue weighted by Crippen LogP contribution is -2.53. The lowest BCUT2D eigenvalue weighted by atomic mass is 9.67. The third-order valence-electron chi connectivity index (χ3n) is 4.14. The van der Waals surface area contributed by atoms with Crippen LogP contribution in [0.5, 0.6) is 0 Å². The van der Waals surface area contributed by atoms with Gasteiger partial charge >= 0.3 is 5.97 Å². The van der Waals surface area contributed by atoms with E-state index in [0.717, 1.165) is 25.9 Å². The van der Waals surface area contributed by atoms with Crippen molar-refractivity contribution in [3.8, 4) is 0 Å². The number of hydrogen-bond donors (Lipinski definition) is 1. The Morgan fingerprint density at radius 1 is 1.39 bits per heavy atom. The number of hydrogen-bond acceptors (Lipinski definition) is 3. The van der Waals surface area contributed by atoms with Crippen LogP contribution < -0.4 is 0 Å². The van der Waals surface area contributed by atoms with E-state index >= 15 is 0 Å². The summed E-state index contributed by atoms with van der Waals surface area (Å²) in [5, 5.41) is 9.28. The molecule has 102 valence electrons. The Morgan fingerprint density at radius 2 is 2.11 bits per heavy atom. The Kier molecular flexibility index (Phi) is 3.90. The average molecular weight is 255 g/mol. The van der Waals surface area contributed by atoms with Crippen LogP contribution in [0, 0.1) is 5.41 Å². The highest BCUT2D eigenvalue weighted by Crippen LogP contribution is 2.43. The molecule has 2 fully saturated rings. The number of carboxylic acids is 1. The Hall–Kier alpha value is -1.10. The number of ether oxygens (including phenoxy) is 1. The van der Waals surface area contributed by atoms with Crippen LogP contribution in [0.25, 0.3) is 0 Å². The first-order valence-electron chi connectivity index (χ1n) is 6.74. The summed E-state index contributed by atoms with van der Waals surface area (Å²) >= 11 is 0. The molecular formula is C13H21NO4. The first-order valence-corrected chi connectivity index (χ1v) is 6.74. The quantitative estimate of drug-likeness (QED) is 0.751. The third kappa shape index (κ3) is 2.23. The van der Waals surface area contributed by atoms with E-state index in [2.05, 4.69) is 0 Å². The van der Waals surface area contributed by atoms with E-state index in [1.54, 1.807) is 4.90 Å². The van der Waals surface area contributed by atoms with Crippen LogP contribution in [-0.2, 0) is 14.3 Å². The fourth-order valence-corrected chi connectivity index (χ4v) is 2.74. The monoisotopic (exact) mass is 255 g/mol. The van der Waals surface area contributed by atoms with Gasteiger partial charge < -0.3 is 14.7 Å². The second-order valence-electron chi connectivity index (χ2n) is 5.22. The molecule has 1 N–H and O–H groups in total. The van der Waals surface area contributed by atoms with Crippen LogP contribution in [0.3, 0.4) is 0 Å². The molecule has 0 spiro atoms. The topological polar surface area (TPSA) is 66.8 Å². The van der Waals surface area contributed by atoms with Gasteiger partial charge in [-0.1, -0.05) is 6.42 Å². The normalized spacial score (nSPS) is 25.5. The number of rotatable bonds is 5. The predicted molar refractivity (Wildman–Crippen MR) is 65.1 cm³/mol. The Bertz CT molecular complexity index is 332. The maximum Gasteiger partial charge on any atom is 0.319 e. The van der Waals surface area contributed by atoms with Gasteiger partial charge in [-0.2, -0.15) is 0 Å². The summed E-state index contributed by atoms with van der Waals surface area (Å²) in [7, 11) is 0. The van der Waals surface area contributed by atoms with Crippen LogP contribution in [0.4, 0.5) is 0 Å². The van der Waals surface area contributed by atoms with Gasteiger partial charge in [0.2, 0.25) is 5.91 Å². The molecule has 0 bridgehead atoms. The van der Waals surface area contributed by atoms with Crippen LogP contribution in [0.2, 0.25) is 0 Å². The van der Waals surface area contributed by atoms with Gasteiger partial charge in [0.1, 0.15) is 5.41 Å². The molecular weight excluding hydrogens is 234 g/mol. The van der Waals surface area contributed by atoms with E-state index in [-0.39, 0.29) is 12.0 Å². The zero-order valence-corrected chi connectivity index (χ0v) is 10.9. The molecule has 1 saturated carbocycles. The Balaban J connectivity index is 2.02. The minimum Gasteiger partial charge on any atom is -0.480 e. The highest BCUT2D eigenvalue weighted by molar-refractivity contribution is 6.02. The zero-order chi connectivity index (χ0) is 13.2. The van der Waals surface area contributed by atoms with Crippen molar-refractivity contribution in [1.29, 1.82) is 0 Å². The number of carboxylic acid groups (broad SMARTS) is 1. The average Bonchev–Trinajstić information content (AvgIpc) is 2.76. The molecule has 1 aliphatic heterocycles. The molecule has 1 unspecified atom stereocenters. The summed E-state index contributed by atoms with van der Waals surface area (Å²) in [6, 6.07) is 0. The standard InChI is InChI=1S/C13H21NO4/c1-2-14(9-10-5-3-8-18-10)11(15)13(12(16)17)6-4-7-13/h10H,2-9H2,1H3,(H,16,17). The smallest absolute Gasteiger partial charge is 0.319 e. The lowest BCUT2D eigenvalue weighted by molar-refractivity contribution is -0.168. The Labute approximate surface area is 107 Å². The highest BCUT2D eigenvalue weighted by atomic mass is 16.5. The largest absolute Gasteiger partial charge is 0.480 e. The molecule has 5 heteroatoms. The lowest BCUT2D eigenvalue weighted by Gasteiger charge is -2.40. The maximum absolute atomic E-state index is 12.4. The molecule has 1 aliphatic carbocycles. The van der Waals surface area contributed by atoms with Gasteiger partial charge in [-0.3, -0.25) is 9.59 Å². The van der Waals surface area contributed by atoms with Gasteiger partial charge in [-0.05, 0) is 32.6 Å². The number of amides is 1. The predicted octanol–water partition coefficient (Wildman–Crippen LogP) is 1.27. The van der Waals surface area contributed by atoms with E-state index in [1.807, 2.05) is 6.92 Å². The third-order valence-corrected chi connectivity index (χ3v) is 4.14. The van der Waals surface area contributed by atoms with Crippen molar-refractivity contribution in [2.75, 3.05) is 19.7 Å². The second-order valence-corrected chi connectivity index (χ2v) is 5.22. The molecule has 5 nitrogen and oxygen atoms in total. The van der Waals surface area contributed by atoms with Crippen molar-refractivity contribution in [1.82, 2.24) is 4.90 Å². The number of likely N-dealkylation sites (N-methyl/N-ethyl adjacent to an activating group) is 1. The molecule has 1 saturated heterocycles. The fraction of sp³-hybridized carbons (Fsp3) is 0.846. The van der Waals surface area contributed by atoms with Crippen molar-refractivity contribution >= 4 is 11.9 Å². The molecule has 0 radical (unpaired) electrons. The number of carbonyl (C=O) groups excluding carboxylic acids is 1. The van der Waals surface area contributed by atoms with Crippen molar-refractivity contribution in [2.45, 2.75) is 45.1 Å². The van der Waals surface area contributed by atoms with E-state index in [9.17, 15) is 14.7 Å². The van der Waals surface area contributed by atoms with Gasteiger partial charge in [-0.15, -0.1) is 0 Å². The summed E-state index contributed by atoms with van der Waals surface area (Å²) in [5.74, 6) is -1.19.